The van der Waals surface area contributed by atoms with E-state index in [1.807, 2.05) is 24.3 Å². The second kappa shape index (κ2) is 7.67. The van der Waals surface area contributed by atoms with Gasteiger partial charge in [0, 0.05) is 6.54 Å². The van der Waals surface area contributed by atoms with Crippen molar-refractivity contribution < 1.29 is 0 Å². The van der Waals surface area contributed by atoms with Gasteiger partial charge < -0.3 is 0 Å². The second-order valence-electron chi connectivity index (χ2n) is 3.79. The highest BCUT2D eigenvalue weighted by molar-refractivity contribution is 5.14. The van der Waals surface area contributed by atoms with Gasteiger partial charge in [0.1, 0.15) is 0 Å². The Balaban J connectivity index is 2.44. The smallest absolute Gasteiger partial charge is 0.0868 e. The zero-order chi connectivity index (χ0) is 11.6. The average Bonchev–Trinajstić information content (AvgIpc) is 2.31. The number of hydrogen-bond acceptors (Lipinski definition) is 2. The van der Waals surface area contributed by atoms with Crippen LogP contribution in [-0.2, 0) is 6.54 Å². The lowest BCUT2D eigenvalue weighted by Crippen LogP contribution is -2.24. The average molecular weight is 214 g/mol. The molecule has 0 unspecified atom stereocenters. The summed E-state index contributed by atoms with van der Waals surface area (Å²) in [7, 11) is 0. The van der Waals surface area contributed by atoms with Crippen LogP contribution in [0.4, 0.5) is 0 Å². The second-order valence-corrected chi connectivity index (χ2v) is 3.79. The molecule has 0 aliphatic rings. The minimum atomic E-state index is 0.492. The van der Waals surface area contributed by atoms with Crippen molar-refractivity contribution in [3.05, 3.63) is 48.6 Å². The van der Waals surface area contributed by atoms with E-state index >= 15 is 0 Å². The van der Waals surface area contributed by atoms with Crippen molar-refractivity contribution >= 4 is 0 Å². The fourth-order valence-electron chi connectivity index (χ4n) is 1.61. The van der Waals surface area contributed by atoms with E-state index in [4.69, 9.17) is 5.26 Å². The molecule has 2 nitrogen and oxygen atoms in total. The Bertz CT molecular complexity index is 338. The molecular weight excluding hydrogens is 196 g/mol. The molecule has 84 valence electrons. The van der Waals surface area contributed by atoms with Crippen LogP contribution in [0.5, 0.6) is 0 Å². The number of hydrogen-bond donors (Lipinski definition) is 0. The molecule has 0 aromatic heterocycles. The molecule has 0 bridgehead atoms. The third-order valence-electron chi connectivity index (χ3n) is 2.43. The minimum Gasteiger partial charge on any atom is -0.286 e. The molecule has 0 radical (unpaired) electrons. The molecule has 2 heteroatoms. The first-order valence-electron chi connectivity index (χ1n) is 5.61. The van der Waals surface area contributed by atoms with Gasteiger partial charge in [0.15, 0.2) is 0 Å². The first-order valence-corrected chi connectivity index (χ1v) is 5.61. The minimum absolute atomic E-state index is 0.492. The summed E-state index contributed by atoms with van der Waals surface area (Å²) in [5, 5.41) is 8.76. The maximum atomic E-state index is 8.76. The van der Waals surface area contributed by atoms with E-state index in [1.165, 1.54) is 5.56 Å². The van der Waals surface area contributed by atoms with E-state index in [1.54, 1.807) is 0 Å². The van der Waals surface area contributed by atoms with E-state index in [0.29, 0.717) is 6.54 Å². The molecule has 0 aliphatic heterocycles. The molecule has 0 amide bonds. The first kappa shape index (κ1) is 12.5. The summed E-state index contributed by atoms with van der Waals surface area (Å²) in [6.45, 7) is 6.00. The van der Waals surface area contributed by atoms with Crippen molar-refractivity contribution in [2.45, 2.75) is 19.4 Å². The Morgan fingerprint density at radius 2 is 2.06 bits per heavy atom. The van der Waals surface area contributed by atoms with Crippen LogP contribution in [0.1, 0.15) is 18.4 Å². The maximum absolute atomic E-state index is 8.76. The van der Waals surface area contributed by atoms with Crippen molar-refractivity contribution in [2.24, 2.45) is 0 Å². The van der Waals surface area contributed by atoms with E-state index in [2.05, 4.69) is 29.7 Å². The molecule has 1 rings (SSSR count). The fourth-order valence-corrected chi connectivity index (χ4v) is 1.61. The zero-order valence-corrected chi connectivity index (χ0v) is 9.60. The van der Waals surface area contributed by atoms with Crippen molar-refractivity contribution in [1.29, 1.82) is 5.26 Å². The molecule has 0 saturated carbocycles. The monoisotopic (exact) mass is 214 g/mol. The lowest BCUT2D eigenvalue weighted by atomic mass is 10.2. The lowest BCUT2D eigenvalue weighted by Gasteiger charge is -2.18. The Morgan fingerprint density at radius 3 is 2.69 bits per heavy atom. The summed E-state index contributed by atoms with van der Waals surface area (Å²) < 4.78 is 0. The molecule has 0 spiro atoms. The fraction of sp³-hybridized carbons (Fsp3) is 0.357. The van der Waals surface area contributed by atoms with Gasteiger partial charge >= 0.3 is 0 Å². The van der Waals surface area contributed by atoms with Crippen LogP contribution >= 0.6 is 0 Å². The van der Waals surface area contributed by atoms with Crippen molar-refractivity contribution in [3.8, 4) is 6.07 Å². The predicted molar refractivity (Wildman–Crippen MR) is 66.8 cm³/mol. The van der Waals surface area contributed by atoms with E-state index in [0.717, 1.165) is 25.9 Å². The summed E-state index contributed by atoms with van der Waals surface area (Å²) in [5.74, 6) is 0. The molecule has 0 fully saturated rings. The molecule has 0 atom stereocenters. The van der Waals surface area contributed by atoms with Crippen LogP contribution in [-0.4, -0.2) is 18.0 Å². The van der Waals surface area contributed by atoms with Crippen LogP contribution in [0.2, 0.25) is 0 Å². The summed E-state index contributed by atoms with van der Waals surface area (Å²) in [5.41, 5.74) is 1.26. The molecule has 0 heterocycles. The Labute approximate surface area is 97.8 Å². The Hall–Kier alpha value is -1.59. The van der Waals surface area contributed by atoms with Gasteiger partial charge in [-0.05, 0) is 24.9 Å². The molecule has 1 aromatic rings. The predicted octanol–water partition coefficient (Wildman–Crippen LogP) is 2.98. The van der Waals surface area contributed by atoms with Crippen LogP contribution in [0.25, 0.3) is 0 Å². The summed E-state index contributed by atoms with van der Waals surface area (Å²) in [4.78, 5) is 2.17. The van der Waals surface area contributed by atoms with Gasteiger partial charge in [-0.15, -0.1) is 6.58 Å². The Kier molecular flexibility index (Phi) is 5.98. The highest BCUT2D eigenvalue weighted by atomic mass is 15.1. The van der Waals surface area contributed by atoms with Crippen LogP contribution in [0.3, 0.4) is 0 Å². The third kappa shape index (κ3) is 4.77. The number of benzene rings is 1. The van der Waals surface area contributed by atoms with Gasteiger partial charge in [0.25, 0.3) is 0 Å². The normalized spacial score (nSPS) is 10.0. The number of allylic oxidation sites excluding steroid dienone is 1. The quantitative estimate of drug-likeness (QED) is 0.396. The van der Waals surface area contributed by atoms with Gasteiger partial charge in [0.05, 0.1) is 12.6 Å². The van der Waals surface area contributed by atoms with Crippen molar-refractivity contribution in [3.63, 3.8) is 0 Å². The first-order chi connectivity index (χ1) is 7.86. The molecule has 0 saturated heterocycles. The van der Waals surface area contributed by atoms with Gasteiger partial charge in [-0.25, -0.2) is 0 Å². The topological polar surface area (TPSA) is 27.0 Å². The maximum Gasteiger partial charge on any atom is 0.0868 e. The van der Waals surface area contributed by atoms with Crippen LogP contribution < -0.4 is 0 Å². The summed E-state index contributed by atoms with van der Waals surface area (Å²) >= 11 is 0. The number of nitriles is 1. The standard InChI is InChI=1S/C14H18N2/c1-2-3-7-11-16(12-10-15)13-14-8-5-4-6-9-14/h2,4-6,8-9H,1,3,7,11-13H2. The molecule has 1 aromatic carbocycles. The SMILES string of the molecule is C=CCCCN(CC#N)Cc1ccccc1. The summed E-state index contributed by atoms with van der Waals surface area (Å²) in [6, 6.07) is 12.5. The number of unbranched alkanes of at least 4 members (excludes halogenated alkanes) is 1. The van der Waals surface area contributed by atoms with Crippen LogP contribution in [0, 0.1) is 11.3 Å². The van der Waals surface area contributed by atoms with Crippen LogP contribution in [0.15, 0.2) is 43.0 Å². The summed E-state index contributed by atoms with van der Waals surface area (Å²) in [6.07, 6.45) is 4.00. The zero-order valence-electron chi connectivity index (χ0n) is 9.60. The van der Waals surface area contributed by atoms with Gasteiger partial charge in [0.2, 0.25) is 0 Å². The lowest BCUT2D eigenvalue weighted by molar-refractivity contribution is 0.294. The third-order valence-corrected chi connectivity index (χ3v) is 2.43. The van der Waals surface area contributed by atoms with E-state index in [-0.39, 0.29) is 0 Å². The highest BCUT2D eigenvalue weighted by Crippen LogP contribution is 2.05. The van der Waals surface area contributed by atoms with Gasteiger partial charge in [-0.1, -0.05) is 36.4 Å². The van der Waals surface area contributed by atoms with E-state index in [9.17, 15) is 0 Å². The van der Waals surface area contributed by atoms with Crippen molar-refractivity contribution in [1.82, 2.24) is 4.90 Å². The molecule has 0 N–H and O–H groups in total. The molecule has 16 heavy (non-hydrogen) atoms. The largest absolute Gasteiger partial charge is 0.286 e. The Morgan fingerprint density at radius 1 is 1.31 bits per heavy atom. The van der Waals surface area contributed by atoms with Crippen molar-refractivity contribution in [2.75, 3.05) is 13.1 Å². The highest BCUT2D eigenvalue weighted by Gasteiger charge is 2.04. The number of nitrogens with zero attached hydrogens (tertiary/aromatic N) is 2. The van der Waals surface area contributed by atoms with E-state index < -0.39 is 0 Å². The van der Waals surface area contributed by atoms with Gasteiger partial charge in [-0.2, -0.15) is 5.26 Å². The van der Waals surface area contributed by atoms with Gasteiger partial charge in [-0.3, -0.25) is 4.90 Å². The molecular formula is C14H18N2. The number of rotatable bonds is 7. The molecule has 0 aliphatic carbocycles.